The van der Waals surface area contributed by atoms with Gasteiger partial charge in [0.2, 0.25) is 5.91 Å². The van der Waals surface area contributed by atoms with Crippen LogP contribution in [0.2, 0.25) is 0 Å². The highest BCUT2D eigenvalue weighted by atomic mass is 32.1. The van der Waals surface area contributed by atoms with Gasteiger partial charge in [-0.1, -0.05) is 0 Å². The molecule has 0 aromatic carbocycles. The Labute approximate surface area is 129 Å². The number of amides is 1. The van der Waals surface area contributed by atoms with E-state index in [1.165, 1.54) is 4.88 Å². The summed E-state index contributed by atoms with van der Waals surface area (Å²) >= 11 is 1.68. The first kappa shape index (κ1) is 15.8. The number of aliphatic imine (C=N–C) groups is 1. The lowest BCUT2D eigenvalue weighted by Crippen LogP contribution is -2.53. The number of rotatable bonds is 3. The van der Waals surface area contributed by atoms with Crippen molar-refractivity contribution in [1.29, 1.82) is 0 Å². The second kappa shape index (κ2) is 7.40. The third-order valence-corrected chi connectivity index (χ3v) is 4.31. The Morgan fingerprint density at radius 3 is 2.57 bits per heavy atom. The van der Waals surface area contributed by atoms with E-state index in [0.717, 1.165) is 43.7 Å². The van der Waals surface area contributed by atoms with Crippen LogP contribution in [0, 0.1) is 6.92 Å². The molecule has 0 bridgehead atoms. The average molecular weight is 309 g/mol. The van der Waals surface area contributed by atoms with Crippen LogP contribution in [0.1, 0.15) is 23.7 Å². The summed E-state index contributed by atoms with van der Waals surface area (Å²) in [5.41, 5.74) is 0. The lowest BCUT2D eigenvalue weighted by atomic mass is 10.3. The summed E-state index contributed by atoms with van der Waals surface area (Å²) < 4.78 is 0. The highest BCUT2D eigenvalue weighted by Crippen LogP contribution is 2.13. The van der Waals surface area contributed by atoms with Crippen molar-refractivity contribution < 1.29 is 4.79 Å². The third-order valence-electron chi connectivity index (χ3n) is 3.41. The van der Waals surface area contributed by atoms with Crippen molar-refractivity contribution >= 4 is 23.2 Å². The minimum atomic E-state index is 0.150. The van der Waals surface area contributed by atoms with Gasteiger partial charge in [0.25, 0.3) is 0 Å². The number of carbonyl (C=O) groups is 1. The van der Waals surface area contributed by atoms with Crippen LogP contribution in [0.4, 0.5) is 0 Å². The fourth-order valence-electron chi connectivity index (χ4n) is 2.29. The van der Waals surface area contributed by atoms with Gasteiger partial charge in [-0.25, -0.2) is 9.98 Å². The molecule has 0 aliphatic carbocycles. The number of nitrogens with one attached hydrogen (secondary N) is 1. The second-order valence-electron chi connectivity index (χ2n) is 5.01. The van der Waals surface area contributed by atoms with Crippen molar-refractivity contribution in [3.63, 3.8) is 0 Å². The zero-order valence-electron chi connectivity index (χ0n) is 12.9. The molecule has 1 saturated heterocycles. The quantitative estimate of drug-likeness (QED) is 0.670. The summed E-state index contributed by atoms with van der Waals surface area (Å²) in [7, 11) is 0. The zero-order chi connectivity index (χ0) is 15.2. The van der Waals surface area contributed by atoms with Gasteiger partial charge < -0.3 is 15.1 Å². The molecule has 1 aliphatic heterocycles. The lowest BCUT2D eigenvalue weighted by molar-refractivity contribution is -0.130. The van der Waals surface area contributed by atoms with E-state index in [2.05, 4.69) is 27.1 Å². The van der Waals surface area contributed by atoms with Crippen LogP contribution in [0.15, 0.2) is 11.2 Å². The van der Waals surface area contributed by atoms with Crippen LogP contribution in [-0.4, -0.2) is 59.4 Å². The van der Waals surface area contributed by atoms with E-state index in [0.29, 0.717) is 6.54 Å². The predicted molar refractivity (Wildman–Crippen MR) is 85.5 cm³/mol. The number of hydrogen-bond donors (Lipinski definition) is 1. The van der Waals surface area contributed by atoms with Crippen LogP contribution in [0.5, 0.6) is 0 Å². The van der Waals surface area contributed by atoms with Gasteiger partial charge in [0, 0.05) is 50.7 Å². The summed E-state index contributed by atoms with van der Waals surface area (Å²) in [5.74, 6) is 1.07. The summed E-state index contributed by atoms with van der Waals surface area (Å²) in [6.45, 7) is 10.4. The molecule has 7 heteroatoms. The number of aryl methyl sites for hydroxylation is 1. The van der Waals surface area contributed by atoms with Crippen LogP contribution in [-0.2, 0) is 11.3 Å². The highest BCUT2D eigenvalue weighted by molar-refractivity contribution is 7.11. The number of hydrogen-bond acceptors (Lipinski definition) is 4. The Balaban J connectivity index is 1.97. The van der Waals surface area contributed by atoms with Crippen LogP contribution < -0.4 is 5.32 Å². The summed E-state index contributed by atoms with van der Waals surface area (Å²) in [4.78, 5) is 25.6. The van der Waals surface area contributed by atoms with Gasteiger partial charge in [-0.2, -0.15) is 0 Å². The highest BCUT2D eigenvalue weighted by Gasteiger charge is 2.20. The van der Waals surface area contributed by atoms with Crippen molar-refractivity contribution in [3.05, 3.63) is 16.1 Å². The van der Waals surface area contributed by atoms with Crippen LogP contribution in [0.25, 0.3) is 0 Å². The third kappa shape index (κ3) is 4.42. The largest absolute Gasteiger partial charge is 0.357 e. The molecule has 0 spiro atoms. The van der Waals surface area contributed by atoms with Gasteiger partial charge >= 0.3 is 0 Å². The Bertz CT molecular complexity index is 505. The molecule has 1 fully saturated rings. The fourth-order valence-corrected chi connectivity index (χ4v) is 3.01. The monoisotopic (exact) mass is 309 g/mol. The van der Waals surface area contributed by atoms with Gasteiger partial charge in [-0.05, 0) is 13.8 Å². The number of thiazole rings is 1. The molecule has 0 saturated carbocycles. The minimum Gasteiger partial charge on any atom is -0.357 e. The van der Waals surface area contributed by atoms with Gasteiger partial charge in [-0.15, -0.1) is 11.3 Å². The number of aromatic nitrogens is 1. The van der Waals surface area contributed by atoms with E-state index in [1.54, 1.807) is 18.3 Å². The Morgan fingerprint density at radius 2 is 2.05 bits per heavy atom. The van der Waals surface area contributed by atoms with Crippen molar-refractivity contribution in [2.45, 2.75) is 27.3 Å². The van der Waals surface area contributed by atoms with Crippen LogP contribution >= 0.6 is 11.3 Å². The topological polar surface area (TPSA) is 60.8 Å². The van der Waals surface area contributed by atoms with E-state index in [4.69, 9.17) is 0 Å². The number of carbonyl (C=O) groups excluding carboxylic acids is 1. The van der Waals surface area contributed by atoms with Gasteiger partial charge in [0.15, 0.2) is 5.96 Å². The van der Waals surface area contributed by atoms with E-state index in [9.17, 15) is 4.79 Å². The first-order valence-electron chi connectivity index (χ1n) is 7.30. The smallest absolute Gasteiger partial charge is 0.219 e. The molecule has 116 valence electrons. The maximum Gasteiger partial charge on any atom is 0.219 e. The average Bonchev–Trinajstić information content (AvgIpc) is 2.89. The van der Waals surface area contributed by atoms with Crippen molar-refractivity contribution in [2.24, 2.45) is 4.99 Å². The molecule has 1 N–H and O–H groups in total. The first-order chi connectivity index (χ1) is 10.1. The molecular weight excluding hydrogens is 286 g/mol. The maximum absolute atomic E-state index is 11.4. The van der Waals surface area contributed by atoms with Crippen molar-refractivity contribution in [1.82, 2.24) is 20.1 Å². The summed E-state index contributed by atoms with van der Waals surface area (Å²) in [6.07, 6.45) is 1.89. The zero-order valence-corrected chi connectivity index (χ0v) is 13.7. The molecule has 6 nitrogen and oxygen atoms in total. The molecule has 1 aliphatic rings. The van der Waals surface area contributed by atoms with Gasteiger partial charge in [0.05, 0.1) is 11.6 Å². The van der Waals surface area contributed by atoms with E-state index >= 15 is 0 Å². The standard InChI is InChI=1S/C14H23N5OS/c1-4-15-14(17-10-13-9-16-11(2)21-13)19-7-5-18(6-8-19)12(3)20/h9H,4-8,10H2,1-3H3,(H,15,17). The second-order valence-corrected chi connectivity index (χ2v) is 6.33. The predicted octanol–water partition coefficient (Wildman–Crippen LogP) is 1.08. The minimum absolute atomic E-state index is 0.150. The first-order valence-corrected chi connectivity index (χ1v) is 8.12. The lowest BCUT2D eigenvalue weighted by Gasteiger charge is -2.36. The number of guanidine groups is 1. The molecule has 0 unspecified atom stereocenters. The Kier molecular flexibility index (Phi) is 5.55. The fraction of sp³-hybridized carbons (Fsp3) is 0.643. The molecular formula is C14H23N5OS. The van der Waals surface area contributed by atoms with Crippen molar-refractivity contribution in [3.8, 4) is 0 Å². The molecule has 2 rings (SSSR count). The van der Waals surface area contributed by atoms with Crippen molar-refractivity contribution in [2.75, 3.05) is 32.7 Å². The maximum atomic E-state index is 11.4. The molecule has 1 aromatic heterocycles. The summed E-state index contributed by atoms with van der Waals surface area (Å²) in [6, 6.07) is 0. The molecule has 0 atom stereocenters. The van der Waals surface area contributed by atoms with Gasteiger partial charge in [0.1, 0.15) is 0 Å². The number of piperazine rings is 1. The Morgan fingerprint density at radius 1 is 1.38 bits per heavy atom. The molecule has 0 radical (unpaired) electrons. The Hall–Kier alpha value is -1.63. The van der Waals surface area contributed by atoms with E-state index in [1.807, 2.05) is 18.0 Å². The van der Waals surface area contributed by atoms with E-state index in [-0.39, 0.29) is 5.91 Å². The van der Waals surface area contributed by atoms with E-state index < -0.39 is 0 Å². The SMILES string of the molecule is CCNC(=NCc1cnc(C)s1)N1CCN(C(C)=O)CC1. The summed E-state index contributed by atoms with van der Waals surface area (Å²) in [5, 5.41) is 4.40. The molecule has 21 heavy (non-hydrogen) atoms. The molecule has 2 heterocycles. The molecule has 1 aromatic rings. The normalized spacial score (nSPS) is 16.2. The molecule has 1 amide bonds. The van der Waals surface area contributed by atoms with Gasteiger partial charge in [-0.3, -0.25) is 4.79 Å². The van der Waals surface area contributed by atoms with Crippen LogP contribution in [0.3, 0.4) is 0 Å². The number of nitrogens with zero attached hydrogens (tertiary/aromatic N) is 4.